The number of esters is 1. The zero-order chi connectivity index (χ0) is 15.0. The van der Waals surface area contributed by atoms with Gasteiger partial charge in [0.1, 0.15) is 0 Å². The Bertz CT molecular complexity index is 456. The van der Waals surface area contributed by atoms with Crippen molar-refractivity contribution >= 4 is 11.7 Å². The molecule has 4 heteroatoms. The summed E-state index contributed by atoms with van der Waals surface area (Å²) >= 11 is 0. The van der Waals surface area contributed by atoms with Gasteiger partial charge in [-0.3, -0.25) is 0 Å². The lowest BCUT2D eigenvalue weighted by atomic mass is 9.77. The van der Waals surface area contributed by atoms with E-state index in [0.717, 1.165) is 18.6 Å². The van der Waals surface area contributed by atoms with E-state index in [1.165, 1.54) is 12.7 Å². The number of nitrogens with zero attached hydrogens (tertiary/aromatic N) is 1. The molecule has 4 nitrogen and oxygen atoms in total. The van der Waals surface area contributed by atoms with Gasteiger partial charge in [-0.25, -0.2) is 4.79 Å². The summed E-state index contributed by atoms with van der Waals surface area (Å²) in [6.07, 6.45) is 1.83. The summed E-state index contributed by atoms with van der Waals surface area (Å²) in [6, 6.07) is 10.3. The molecule has 0 saturated heterocycles. The third-order valence-electron chi connectivity index (χ3n) is 3.70. The molecule has 0 spiro atoms. The number of hydrogen-bond acceptors (Lipinski definition) is 4. The SMILES string of the molecule is CCC(C)(Cc1ccccc1)/C(C)=N/OCC(=O)OC. The first kappa shape index (κ1) is 16.2. The molecule has 1 atom stereocenters. The number of hydrogen-bond donors (Lipinski definition) is 0. The van der Waals surface area contributed by atoms with Crippen LogP contribution in [0.15, 0.2) is 35.5 Å². The molecule has 0 bridgehead atoms. The van der Waals surface area contributed by atoms with E-state index >= 15 is 0 Å². The van der Waals surface area contributed by atoms with Crippen molar-refractivity contribution in [3.8, 4) is 0 Å². The Labute approximate surface area is 120 Å². The molecule has 1 rings (SSSR count). The lowest BCUT2D eigenvalue weighted by Crippen LogP contribution is -2.28. The zero-order valence-electron chi connectivity index (χ0n) is 12.7. The molecule has 0 fully saturated rings. The minimum absolute atomic E-state index is 0.0858. The van der Waals surface area contributed by atoms with E-state index in [1.807, 2.05) is 25.1 Å². The molecule has 0 amide bonds. The molecular weight excluding hydrogens is 254 g/mol. The Morgan fingerprint density at radius 3 is 2.50 bits per heavy atom. The second-order valence-electron chi connectivity index (χ2n) is 5.10. The molecule has 1 unspecified atom stereocenters. The van der Waals surface area contributed by atoms with Gasteiger partial charge < -0.3 is 9.57 Å². The largest absolute Gasteiger partial charge is 0.466 e. The molecule has 110 valence electrons. The molecule has 0 aliphatic heterocycles. The van der Waals surface area contributed by atoms with E-state index in [1.54, 1.807) is 0 Å². The summed E-state index contributed by atoms with van der Waals surface area (Å²) in [5.74, 6) is -0.428. The summed E-state index contributed by atoms with van der Waals surface area (Å²) in [5, 5.41) is 4.07. The number of benzene rings is 1. The van der Waals surface area contributed by atoms with Gasteiger partial charge in [-0.15, -0.1) is 0 Å². The standard InChI is InChI=1S/C16H23NO3/c1-5-16(3,11-14-9-7-6-8-10-14)13(2)17-20-12-15(18)19-4/h6-10H,5,11-12H2,1-4H3/b17-13+. The normalized spacial score (nSPS) is 14.5. The van der Waals surface area contributed by atoms with E-state index in [4.69, 9.17) is 4.84 Å². The predicted octanol–water partition coefficient (Wildman–Crippen LogP) is 3.21. The van der Waals surface area contributed by atoms with Gasteiger partial charge in [0.25, 0.3) is 0 Å². The molecule has 1 aromatic rings. The van der Waals surface area contributed by atoms with E-state index in [9.17, 15) is 4.79 Å². The van der Waals surface area contributed by atoms with E-state index in [-0.39, 0.29) is 12.0 Å². The Kier molecular flexibility index (Phi) is 6.22. The van der Waals surface area contributed by atoms with Crippen LogP contribution in [0.5, 0.6) is 0 Å². The van der Waals surface area contributed by atoms with Gasteiger partial charge in [-0.2, -0.15) is 0 Å². The van der Waals surface area contributed by atoms with Crippen molar-refractivity contribution < 1.29 is 14.4 Å². The van der Waals surface area contributed by atoms with E-state index in [0.29, 0.717) is 0 Å². The molecule has 1 aromatic carbocycles. The maximum absolute atomic E-state index is 11.0. The maximum atomic E-state index is 11.0. The van der Waals surface area contributed by atoms with Crippen molar-refractivity contribution in [2.24, 2.45) is 10.6 Å². The van der Waals surface area contributed by atoms with Crippen LogP contribution in [0.4, 0.5) is 0 Å². The first-order valence-electron chi connectivity index (χ1n) is 6.79. The van der Waals surface area contributed by atoms with Crippen LogP contribution >= 0.6 is 0 Å². The highest BCUT2D eigenvalue weighted by Gasteiger charge is 2.27. The summed E-state index contributed by atoms with van der Waals surface area (Å²) in [4.78, 5) is 16.0. The van der Waals surface area contributed by atoms with Gasteiger partial charge in [-0.1, -0.05) is 49.3 Å². The highest BCUT2D eigenvalue weighted by atomic mass is 16.6. The first-order valence-corrected chi connectivity index (χ1v) is 6.79. The average Bonchev–Trinajstić information content (AvgIpc) is 2.47. The Morgan fingerprint density at radius 2 is 1.95 bits per heavy atom. The molecule has 0 heterocycles. The maximum Gasteiger partial charge on any atom is 0.346 e. The number of carbonyl (C=O) groups is 1. The van der Waals surface area contributed by atoms with Gasteiger partial charge in [0.2, 0.25) is 6.61 Å². The molecule has 0 radical (unpaired) electrons. The van der Waals surface area contributed by atoms with Crippen LogP contribution < -0.4 is 0 Å². The van der Waals surface area contributed by atoms with Crippen molar-refractivity contribution in [1.82, 2.24) is 0 Å². The minimum Gasteiger partial charge on any atom is -0.466 e. The lowest BCUT2D eigenvalue weighted by Gasteiger charge is -2.27. The van der Waals surface area contributed by atoms with Crippen molar-refractivity contribution in [2.75, 3.05) is 13.7 Å². The molecule has 0 aromatic heterocycles. The van der Waals surface area contributed by atoms with Crippen LogP contribution in [0.3, 0.4) is 0 Å². The van der Waals surface area contributed by atoms with Gasteiger partial charge in [0.05, 0.1) is 12.8 Å². The highest BCUT2D eigenvalue weighted by molar-refractivity contribution is 5.87. The topological polar surface area (TPSA) is 47.9 Å². The number of ether oxygens (including phenoxy) is 1. The van der Waals surface area contributed by atoms with Gasteiger partial charge >= 0.3 is 5.97 Å². The monoisotopic (exact) mass is 277 g/mol. The van der Waals surface area contributed by atoms with Crippen LogP contribution in [0.2, 0.25) is 0 Å². The molecular formula is C16H23NO3. The fraction of sp³-hybridized carbons (Fsp3) is 0.500. The lowest BCUT2D eigenvalue weighted by molar-refractivity contribution is -0.145. The fourth-order valence-electron chi connectivity index (χ4n) is 1.91. The van der Waals surface area contributed by atoms with Crippen molar-refractivity contribution in [2.45, 2.75) is 33.6 Å². The molecule has 0 N–H and O–H groups in total. The second-order valence-corrected chi connectivity index (χ2v) is 5.10. The number of rotatable bonds is 7. The summed E-state index contributed by atoms with van der Waals surface area (Å²) in [6.45, 7) is 6.06. The van der Waals surface area contributed by atoms with Gasteiger partial charge in [0.15, 0.2) is 0 Å². The summed E-state index contributed by atoms with van der Waals surface area (Å²) in [5.41, 5.74) is 2.06. The summed E-state index contributed by atoms with van der Waals surface area (Å²) in [7, 11) is 1.33. The average molecular weight is 277 g/mol. The van der Waals surface area contributed by atoms with Crippen LogP contribution in [-0.2, 0) is 20.8 Å². The van der Waals surface area contributed by atoms with Crippen molar-refractivity contribution in [3.05, 3.63) is 35.9 Å². The minimum atomic E-state index is -0.428. The van der Waals surface area contributed by atoms with Crippen LogP contribution in [0.1, 0.15) is 32.8 Å². The zero-order valence-corrected chi connectivity index (χ0v) is 12.7. The highest BCUT2D eigenvalue weighted by Crippen LogP contribution is 2.28. The van der Waals surface area contributed by atoms with Gasteiger partial charge in [0, 0.05) is 5.41 Å². The Balaban J connectivity index is 2.71. The van der Waals surface area contributed by atoms with Gasteiger partial charge in [-0.05, 0) is 25.3 Å². The van der Waals surface area contributed by atoms with Crippen molar-refractivity contribution in [3.63, 3.8) is 0 Å². The fourth-order valence-corrected chi connectivity index (χ4v) is 1.91. The molecule has 0 saturated carbocycles. The third kappa shape index (κ3) is 4.68. The quantitative estimate of drug-likeness (QED) is 0.437. The number of carbonyl (C=O) groups excluding carboxylic acids is 1. The Morgan fingerprint density at radius 1 is 1.30 bits per heavy atom. The smallest absolute Gasteiger partial charge is 0.346 e. The van der Waals surface area contributed by atoms with Crippen LogP contribution in [-0.4, -0.2) is 25.4 Å². The molecule has 0 aliphatic carbocycles. The molecule has 0 aliphatic rings. The second kappa shape index (κ2) is 7.68. The van der Waals surface area contributed by atoms with Crippen LogP contribution in [0.25, 0.3) is 0 Å². The summed E-state index contributed by atoms with van der Waals surface area (Å²) < 4.78 is 4.51. The predicted molar refractivity (Wildman–Crippen MR) is 79.6 cm³/mol. The Hall–Kier alpha value is -1.84. The van der Waals surface area contributed by atoms with E-state index < -0.39 is 5.97 Å². The first-order chi connectivity index (χ1) is 9.51. The number of methoxy groups -OCH3 is 1. The van der Waals surface area contributed by atoms with Crippen molar-refractivity contribution in [1.29, 1.82) is 0 Å². The van der Waals surface area contributed by atoms with Crippen LogP contribution in [0, 0.1) is 5.41 Å². The number of oxime groups is 1. The molecule has 20 heavy (non-hydrogen) atoms. The third-order valence-corrected chi connectivity index (χ3v) is 3.70. The van der Waals surface area contributed by atoms with E-state index in [2.05, 4.69) is 35.9 Å².